The molecule has 3 aromatic rings. The molecule has 7 heteroatoms. The number of hydrogen-bond donors (Lipinski definition) is 3. The topological polar surface area (TPSA) is 74.4 Å². The van der Waals surface area contributed by atoms with Gasteiger partial charge in [0.2, 0.25) is 0 Å². The second-order valence-electron chi connectivity index (χ2n) is 5.00. The lowest BCUT2D eigenvalue weighted by Gasteiger charge is -2.12. The van der Waals surface area contributed by atoms with Gasteiger partial charge in [-0.3, -0.25) is 0 Å². The number of halogens is 3. The van der Waals surface area contributed by atoms with Crippen LogP contribution in [0, 0.1) is 0 Å². The molecule has 0 saturated carbocycles. The maximum Gasteiger partial charge on any atom is 0.416 e. The molecule has 1 aromatic heterocycles. The van der Waals surface area contributed by atoms with Gasteiger partial charge in [0.1, 0.15) is 5.71 Å². The molecule has 3 rings (SSSR count). The van der Waals surface area contributed by atoms with Gasteiger partial charge in [-0.05, 0) is 24.3 Å². The Hall–Kier alpha value is -2.96. The Morgan fingerprint density at radius 3 is 2.52 bits per heavy atom. The highest BCUT2D eigenvalue weighted by molar-refractivity contribution is 6.21. The summed E-state index contributed by atoms with van der Waals surface area (Å²) in [6.07, 6.45) is -2.94. The Bertz CT molecular complexity index is 897. The lowest BCUT2D eigenvalue weighted by atomic mass is 9.98. The second-order valence-corrected chi connectivity index (χ2v) is 5.00. The van der Waals surface area contributed by atoms with Crippen molar-refractivity contribution in [3.05, 3.63) is 65.4 Å². The number of benzene rings is 2. The van der Waals surface area contributed by atoms with E-state index in [2.05, 4.69) is 10.1 Å². The third kappa shape index (κ3) is 2.61. The number of anilines is 1. The Balaban J connectivity index is 2.19. The van der Waals surface area contributed by atoms with Crippen LogP contribution in [0.5, 0.6) is 0 Å². The van der Waals surface area contributed by atoms with Crippen LogP contribution >= 0.6 is 0 Å². The number of oxime groups is 1. The summed E-state index contributed by atoms with van der Waals surface area (Å²) < 4.78 is 38.7. The molecule has 0 bridgehead atoms. The third-order valence-electron chi connectivity index (χ3n) is 3.58. The Morgan fingerprint density at radius 1 is 1.09 bits per heavy atom. The number of fused-ring (bicyclic) bond motifs is 1. The van der Waals surface area contributed by atoms with Crippen molar-refractivity contribution < 1.29 is 18.4 Å². The highest BCUT2D eigenvalue weighted by atomic mass is 19.4. The van der Waals surface area contributed by atoms with E-state index < -0.39 is 11.7 Å². The number of nitrogens with two attached hydrogens (primary N) is 1. The quantitative estimate of drug-likeness (QED) is 0.289. The van der Waals surface area contributed by atoms with Crippen molar-refractivity contribution in [1.82, 2.24) is 4.98 Å². The minimum absolute atomic E-state index is 0.0204. The second kappa shape index (κ2) is 5.35. The molecule has 0 fully saturated rings. The van der Waals surface area contributed by atoms with Crippen molar-refractivity contribution in [1.29, 1.82) is 0 Å². The van der Waals surface area contributed by atoms with Crippen molar-refractivity contribution in [3.8, 4) is 0 Å². The normalized spacial score (nSPS) is 12.7. The van der Waals surface area contributed by atoms with Crippen LogP contribution in [-0.2, 0) is 6.18 Å². The smallest absolute Gasteiger partial charge is 0.410 e. The number of nitrogens with zero attached hydrogens (tertiary/aromatic N) is 1. The van der Waals surface area contributed by atoms with Gasteiger partial charge in [0.05, 0.1) is 5.56 Å². The summed E-state index contributed by atoms with van der Waals surface area (Å²) in [5.74, 6) is 0. The molecular formula is C16H12F3N3O. The van der Waals surface area contributed by atoms with Gasteiger partial charge in [0, 0.05) is 33.9 Å². The molecule has 0 aliphatic heterocycles. The Morgan fingerprint density at radius 2 is 1.83 bits per heavy atom. The van der Waals surface area contributed by atoms with E-state index in [1.54, 1.807) is 18.3 Å². The molecule has 0 saturated heterocycles. The molecule has 0 aliphatic carbocycles. The number of nitrogens with one attached hydrogen (secondary N) is 1. The van der Waals surface area contributed by atoms with Gasteiger partial charge in [-0.2, -0.15) is 13.2 Å². The number of rotatable bonds is 2. The predicted molar refractivity (Wildman–Crippen MR) is 81.6 cm³/mol. The van der Waals surface area contributed by atoms with E-state index in [1.807, 2.05) is 12.1 Å². The van der Waals surface area contributed by atoms with Crippen molar-refractivity contribution >= 4 is 22.3 Å². The molecule has 4 N–H and O–H groups in total. The number of H-pyrrole nitrogens is 1. The van der Waals surface area contributed by atoms with Crippen LogP contribution in [0.1, 0.15) is 16.7 Å². The SMILES string of the molecule is Nc1ccc(C(F)(F)F)cc1C(=NO)c1c[nH]c2ccccc12. The van der Waals surface area contributed by atoms with Crippen LogP contribution in [0.25, 0.3) is 10.9 Å². The van der Waals surface area contributed by atoms with E-state index in [-0.39, 0.29) is 17.0 Å². The molecule has 0 aliphatic rings. The average molecular weight is 319 g/mol. The fourth-order valence-corrected chi connectivity index (χ4v) is 2.46. The minimum atomic E-state index is -4.51. The van der Waals surface area contributed by atoms with E-state index in [1.165, 1.54) is 0 Å². The summed E-state index contributed by atoms with van der Waals surface area (Å²) in [5.41, 5.74) is 6.26. The summed E-state index contributed by atoms with van der Waals surface area (Å²) in [5, 5.41) is 13.3. The fourth-order valence-electron chi connectivity index (χ4n) is 2.46. The van der Waals surface area contributed by atoms with Crippen LogP contribution in [0.4, 0.5) is 18.9 Å². The first-order chi connectivity index (χ1) is 10.9. The third-order valence-corrected chi connectivity index (χ3v) is 3.58. The van der Waals surface area contributed by atoms with Crippen LogP contribution < -0.4 is 5.73 Å². The number of nitrogen functional groups attached to an aromatic ring is 1. The molecule has 0 spiro atoms. The predicted octanol–water partition coefficient (Wildman–Crippen LogP) is 4.00. The Kier molecular flexibility index (Phi) is 3.48. The first-order valence-corrected chi connectivity index (χ1v) is 6.67. The standard InChI is InChI=1S/C16H12F3N3O/c17-16(18,19)9-5-6-13(20)11(7-9)15(22-23)12-8-21-14-4-2-1-3-10(12)14/h1-8,21,23H,20H2. The molecule has 4 nitrogen and oxygen atoms in total. The fraction of sp³-hybridized carbons (Fsp3) is 0.0625. The van der Waals surface area contributed by atoms with Crippen LogP contribution in [0.2, 0.25) is 0 Å². The maximum atomic E-state index is 12.9. The van der Waals surface area contributed by atoms with Crippen molar-refractivity contribution in [2.75, 3.05) is 5.73 Å². The van der Waals surface area contributed by atoms with Crippen LogP contribution in [0.15, 0.2) is 53.8 Å². The van der Waals surface area contributed by atoms with Gasteiger partial charge in [-0.25, -0.2) is 0 Å². The minimum Gasteiger partial charge on any atom is -0.410 e. The summed E-state index contributed by atoms with van der Waals surface area (Å²) >= 11 is 0. The van der Waals surface area contributed by atoms with Gasteiger partial charge in [-0.1, -0.05) is 23.4 Å². The highest BCUT2D eigenvalue weighted by Gasteiger charge is 2.31. The first kappa shape index (κ1) is 15.0. The zero-order valence-electron chi connectivity index (χ0n) is 11.7. The molecule has 0 atom stereocenters. The maximum absolute atomic E-state index is 12.9. The number of aromatic nitrogens is 1. The molecule has 0 radical (unpaired) electrons. The van der Waals surface area contributed by atoms with E-state index in [0.29, 0.717) is 5.56 Å². The summed E-state index contributed by atoms with van der Waals surface area (Å²) in [6.45, 7) is 0. The number of hydrogen-bond acceptors (Lipinski definition) is 3. The Labute approximate surface area is 129 Å². The van der Waals surface area contributed by atoms with E-state index in [4.69, 9.17) is 5.73 Å². The van der Waals surface area contributed by atoms with Gasteiger partial charge >= 0.3 is 6.18 Å². The molecular weight excluding hydrogens is 307 g/mol. The molecule has 23 heavy (non-hydrogen) atoms. The molecule has 118 valence electrons. The summed E-state index contributed by atoms with van der Waals surface area (Å²) in [6, 6.07) is 10.1. The molecule has 0 amide bonds. The highest BCUT2D eigenvalue weighted by Crippen LogP contribution is 2.32. The van der Waals surface area contributed by atoms with E-state index in [9.17, 15) is 18.4 Å². The zero-order valence-corrected chi connectivity index (χ0v) is 11.7. The van der Waals surface area contributed by atoms with Gasteiger partial charge < -0.3 is 15.9 Å². The average Bonchev–Trinajstić information content (AvgIpc) is 2.93. The number of alkyl halides is 3. The van der Waals surface area contributed by atoms with Gasteiger partial charge in [-0.15, -0.1) is 0 Å². The molecule has 2 aromatic carbocycles. The first-order valence-electron chi connectivity index (χ1n) is 6.67. The van der Waals surface area contributed by atoms with Gasteiger partial charge in [0.15, 0.2) is 0 Å². The van der Waals surface area contributed by atoms with Crippen LogP contribution in [-0.4, -0.2) is 15.9 Å². The molecule has 1 heterocycles. The van der Waals surface area contributed by atoms with E-state index >= 15 is 0 Å². The summed E-state index contributed by atoms with van der Waals surface area (Å²) in [7, 11) is 0. The van der Waals surface area contributed by atoms with Gasteiger partial charge in [0.25, 0.3) is 0 Å². The van der Waals surface area contributed by atoms with Crippen LogP contribution in [0.3, 0.4) is 0 Å². The number of para-hydroxylation sites is 1. The molecule has 0 unspecified atom stereocenters. The largest absolute Gasteiger partial charge is 0.416 e. The zero-order chi connectivity index (χ0) is 16.6. The monoisotopic (exact) mass is 319 g/mol. The number of aromatic amines is 1. The lowest BCUT2D eigenvalue weighted by molar-refractivity contribution is -0.137. The summed E-state index contributed by atoms with van der Waals surface area (Å²) in [4.78, 5) is 2.98. The van der Waals surface area contributed by atoms with Crippen molar-refractivity contribution in [2.24, 2.45) is 5.16 Å². The van der Waals surface area contributed by atoms with Crippen molar-refractivity contribution in [3.63, 3.8) is 0 Å². The van der Waals surface area contributed by atoms with E-state index in [0.717, 1.165) is 29.1 Å². The van der Waals surface area contributed by atoms with Crippen molar-refractivity contribution in [2.45, 2.75) is 6.18 Å². The lowest BCUT2D eigenvalue weighted by Crippen LogP contribution is -2.11.